The molecule has 0 aromatic carbocycles. The lowest BCUT2D eigenvalue weighted by Gasteiger charge is -2.29. The van der Waals surface area contributed by atoms with Crippen molar-refractivity contribution in [2.24, 2.45) is 5.92 Å². The van der Waals surface area contributed by atoms with Crippen LogP contribution in [0.25, 0.3) is 0 Å². The Labute approximate surface area is 106 Å². The Balaban J connectivity index is 2.09. The van der Waals surface area contributed by atoms with Gasteiger partial charge in [-0.15, -0.1) is 0 Å². The van der Waals surface area contributed by atoms with Crippen molar-refractivity contribution in [1.29, 1.82) is 0 Å². The molecule has 1 aromatic rings. The Morgan fingerprint density at radius 1 is 1.56 bits per heavy atom. The van der Waals surface area contributed by atoms with E-state index in [1.807, 2.05) is 6.92 Å². The van der Waals surface area contributed by atoms with Crippen LogP contribution in [0.2, 0.25) is 0 Å². The first-order chi connectivity index (χ1) is 8.58. The SMILES string of the molecule is Cc1cc(=O)c(C(=O)NC2CCOCC2C)c[nH]1. The van der Waals surface area contributed by atoms with Crippen molar-refractivity contribution in [3.05, 3.63) is 33.7 Å². The number of pyridine rings is 1. The van der Waals surface area contributed by atoms with Gasteiger partial charge in [0.05, 0.1) is 6.61 Å². The first kappa shape index (κ1) is 12.8. The van der Waals surface area contributed by atoms with Gasteiger partial charge in [-0.3, -0.25) is 9.59 Å². The van der Waals surface area contributed by atoms with Gasteiger partial charge in [0, 0.05) is 30.6 Å². The standard InChI is InChI=1S/C13H18N2O3/c1-8-7-18-4-3-11(8)15-13(17)10-6-14-9(2)5-12(10)16/h5-6,8,11H,3-4,7H2,1-2H3,(H,14,16)(H,15,17). The number of hydrogen-bond donors (Lipinski definition) is 2. The lowest BCUT2D eigenvalue weighted by Crippen LogP contribution is -2.45. The van der Waals surface area contributed by atoms with Crippen LogP contribution >= 0.6 is 0 Å². The topological polar surface area (TPSA) is 71.2 Å². The molecule has 0 spiro atoms. The molecule has 2 rings (SSSR count). The van der Waals surface area contributed by atoms with Gasteiger partial charge in [0.2, 0.25) is 0 Å². The zero-order valence-electron chi connectivity index (χ0n) is 10.7. The van der Waals surface area contributed by atoms with Crippen LogP contribution in [0.5, 0.6) is 0 Å². The maximum absolute atomic E-state index is 12.0. The summed E-state index contributed by atoms with van der Waals surface area (Å²) in [6.07, 6.45) is 2.26. The average Bonchev–Trinajstić information content (AvgIpc) is 2.32. The summed E-state index contributed by atoms with van der Waals surface area (Å²) in [5.74, 6) is -0.0396. The van der Waals surface area contributed by atoms with E-state index in [1.165, 1.54) is 12.3 Å². The summed E-state index contributed by atoms with van der Waals surface area (Å²) in [5.41, 5.74) is 0.665. The summed E-state index contributed by atoms with van der Waals surface area (Å²) in [6.45, 7) is 5.11. The van der Waals surface area contributed by atoms with E-state index in [0.717, 1.165) is 12.1 Å². The molecule has 18 heavy (non-hydrogen) atoms. The highest BCUT2D eigenvalue weighted by Gasteiger charge is 2.24. The third kappa shape index (κ3) is 2.79. The Kier molecular flexibility index (Phi) is 3.81. The van der Waals surface area contributed by atoms with Gasteiger partial charge in [-0.1, -0.05) is 6.92 Å². The van der Waals surface area contributed by atoms with E-state index in [-0.39, 0.29) is 28.9 Å². The zero-order chi connectivity index (χ0) is 13.1. The number of aryl methyl sites for hydroxylation is 1. The molecule has 2 unspecified atom stereocenters. The van der Waals surface area contributed by atoms with Crippen LogP contribution in [0.4, 0.5) is 0 Å². The summed E-state index contributed by atoms with van der Waals surface area (Å²) in [4.78, 5) is 26.6. The highest BCUT2D eigenvalue weighted by Crippen LogP contribution is 2.14. The molecule has 1 fully saturated rings. The van der Waals surface area contributed by atoms with Gasteiger partial charge in [-0.05, 0) is 19.3 Å². The minimum atomic E-state index is -0.310. The first-order valence-corrected chi connectivity index (χ1v) is 6.16. The van der Waals surface area contributed by atoms with Gasteiger partial charge in [0.15, 0.2) is 5.43 Å². The molecule has 98 valence electrons. The smallest absolute Gasteiger partial charge is 0.256 e. The molecule has 1 aromatic heterocycles. The largest absolute Gasteiger partial charge is 0.381 e. The van der Waals surface area contributed by atoms with Gasteiger partial charge in [0.1, 0.15) is 5.56 Å². The molecule has 1 aliphatic rings. The summed E-state index contributed by atoms with van der Waals surface area (Å²) in [7, 11) is 0. The zero-order valence-corrected chi connectivity index (χ0v) is 10.7. The molecule has 0 saturated carbocycles. The highest BCUT2D eigenvalue weighted by molar-refractivity contribution is 5.94. The number of nitrogens with one attached hydrogen (secondary N) is 2. The van der Waals surface area contributed by atoms with E-state index < -0.39 is 0 Å². The number of hydrogen-bond acceptors (Lipinski definition) is 3. The minimum Gasteiger partial charge on any atom is -0.381 e. The summed E-state index contributed by atoms with van der Waals surface area (Å²) in [6, 6.07) is 1.51. The minimum absolute atomic E-state index is 0.0759. The van der Waals surface area contributed by atoms with Crippen molar-refractivity contribution in [2.75, 3.05) is 13.2 Å². The average molecular weight is 250 g/mol. The fourth-order valence-corrected chi connectivity index (χ4v) is 2.09. The molecule has 0 aliphatic carbocycles. The third-order valence-electron chi connectivity index (χ3n) is 3.26. The van der Waals surface area contributed by atoms with Crippen molar-refractivity contribution in [2.45, 2.75) is 26.3 Å². The van der Waals surface area contributed by atoms with Crippen LogP contribution in [0.3, 0.4) is 0 Å². The number of rotatable bonds is 2. The molecular formula is C13H18N2O3. The number of aromatic amines is 1. The van der Waals surface area contributed by atoms with Crippen LogP contribution in [0, 0.1) is 12.8 Å². The van der Waals surface area contributed by atoms with Gasteiger partial charge in [-0.25, -0.2) is 0 Å². The van der Waals surface area contributed by atoms with Crippen molar-refractivity contribution in [3.8, 4) is 0 Å². The molecule has 2 atom stereocenters. The number of ether oxygens (including phenoxy) is 1. The molecule has 2 heterocycles. The van der Waals surface area contributed by atoms with E-state index in [1.54, 1.807) is 6.92 Å². The summed E-state index contributed by atoms with van der Waals surface area (Å²) >= 11 is 0. The second-order valence-electron chi connectivity index (χ2n) is 4.81. The first-order valence-electron chi connectivity index (χ1n) is 6.16. The van der Waals surface area contributed by atoms with Crippen molar-refractivity contribution < 1.29 is 9.53 Å². The van der Waals surface area contributed by atoms with Crippen LogP contribution in [0.15, 0.2) is 17.1 Å². The Bertz CT molecular complexity index is 495. The van der Waals surface area contributed by atoms with E-state index in [0.29, 0.717) is 13.2 Å². The van der Waals surface area contributed by atoms with Crippen LogP contribution in [-0.4, -0.2) is 30.1 Å². The molecule has 1 aliphatic heterocycles. The molecule has 1 saturated heterocycles. The van der Waals surface area contributed by atoms with Crippen LogP contribution < -0.4 is 10.7 Å². The number of carbonyl (C=O) groups is 1. The molecule has 1 amide bonds. The summed E-state index contributed by atoms with van der Waals surface area (Å²) in [5, 5.41) is 2.91. The molecular weight excluding hydrogens is 232 g/mol. The van der Waals surface area contributed by atoms with Crippen molar-refractivity contribution in [3.63, 3.8) is 0 Å². The number of aromatic nitrogens is 1. The van der Waals surface area contributed by atoms with Gasteiger partial charge in [0.25, 0.3) is 5.91 Å². The third-order valence-corrected chi connectivity index (χ3v) is 3.26. The van der Waals surface area contributed by atoms with E-state index in [4.69, 9.17) is 4.74 Å². The maximum atomic E-state index is 12.0. The van der Waals surface area contributed by atoms with Gasteiger partial charge in [-0.2, -0.15) is 0 Å². The van der Waals surface area contributed by atoms with Crippen molar-refractivity contribution >= 4 is 5.91 Å². The Hall–Kier alpha value is -1.62. The second kappa shape index (κ2) is 5.35. The van der Waals surface area contributed by atoms with Crippen LogP contribution in [-0.2, 0) is 4.74 Å². The van der Waals surface area contributed by atoms with E-state index in [2.05, 4.69) is 10.3 Å². The maximum Gasteiger partial charge on any atom is 0.256 e. The quantitative estimate of drug-likeness (QED) is 0.817. The monoisotopic (exact) mass is 250 g/mol. The molecule has 2 N–H and O–H groups in total. The van der Waals surface area contributed by atoms with E-state index >= 15 is 0 Å². The number of carbonyl (C=O) groups excluding carboxylic acids is 1. The van der Waals surface area contributed by atoms with Crippen LogP contribution in [0.1, 0.15) is 29.4 Å². The fraction of sp³-hybridized carbons (Fsp3) is 0.538. The predicted octanol–water partition coefficient (Wildman–Crippen LogP) is 0.838. The van der Waals surface area contributed by atoms with Gasteiger partial charge < -0.3 is 15.0 Å². The highest BCUT2D eigenvalue weighted by atomic mass is 16.5. The lowest BCUT2D eigenvalue weighted by atomic mass is 9.97. The second-order valence-corrected chi connectivity index (χ2v) is 4.81. The van der Waals surface area contributed by atoms with Gasteiger partial charge >= 0.3 is 0 Å². The van der Waals surface area contributed by atoms with Crippen molar-refractivity contribution in [1.82, 2.24) is 10.3 Å². The fourth-order valence-electron chi connectivity index (χ4n) is 2.09. The molecule has 0 radical (unpaired) electrons. The Morgan fingerprint density at radius 3 is 3.00 bits per heavy atom. The van der Waals surface area contributed by atoms with E-state index in [9.17, 15) is 9.59 Å². The molecule has 0 bridgehead atoms. The predicted molar refractivity (Wildman–Crippen MR) is 67.7 cm³/mol. The number of H-pyrrole nitrogens is 1. The molecule has 5 nitrogen and oxygen atoms in total. The molecule has 5 heteroatoms. The normalized spacial score (nSPS) is 23.7. The lowest BCUT2D eigenvalue weighted by molar-refractivity contribution is 0.0375. The summed E-state index contributed by atoms with van der Waals surface area (Å²) < 4.78 is 5.32. The number of amides is 1. The Morgan fingerprint density at radius 2 is 2.33 bits per heavy atom.